The molecule has 0 saturated carbocycles. The number of nitrogens with zero attached hydrogens (tertiary/aromatic N) is 1. The first kappa shape index (κ1) is 14.1. The normalized spacial score (nSPS) is 10.5. The maximum Gasteiger partial charge on any atom is 0.373 e. The number of rotatable bonds is 6. The van der Waals surface area contributed by atoms with Crippen LogP contribution < -0.4 is 4.74 Å². The number of ether oxygens (including phenoxy) is 1. The van der Waals surface area contributed by atoms with Crippen LogP contribution in [0.3, 0.4) is 0 Å². The molecule has 2 aromatic rings. The van der Waals surface area contributed by atoms with Crippen LogP contribution in [0.25, 0.3) is 11.5 Å². The minimum absolute atomic E-state index is 0.0734. The molecule has 0 aliphatic rings. The summed E-state index contributed by atoms with van der Waals surface area (Å²) < 4.78 is 10.7. The van der Waals surface area contributed by atoms with Gasteiger partial charge in [0, 0.05) is 5.56 Å². The number of hydrogen-bond donors (Lipinski definition) is 1. The molecule has 0 aliphatic carbocycles. The lowest BCUT2D eigenvalue weighted by Gasteiger charge is -2.02. The first-order chi connectivity index (χ1) is 9.65. The lowest BCUT2D eigenvalue weighted by Crippen LogP contribution is -1.99. The molecule has 0 bridgehead atoms. The molecule has 0 saturated heterocycles. The Kier molecular flexibility index (Phi) is 4.40. The molecule has 0 spiro atoms. The third-order valence-electron chi connectivity index (χ3n) is 2.79. The minimum atomic E-state index is -1.09. The van der Waals surface area contributed by atoms with Gasteiger partial charge in [-0.1, -0.05) is 13.3 Å². The Morgan fingerprint density at radius 1 is 1.30 bits per heavy atom. The van der Waals surface area contributed by atoms with Gasteiger partial charge in [-0.3, -0.25) is 0 Å². The second-order valence-corrected chi connectivity index (χ2v) is 4.31. The smallest absolute Gasteiger partial charge is 0.373 e. The van der Waals surface area contributed by atoms with E-state index in [9.17, 15) is 4.79 Å². The summed E-state index contributed by atoms with van der Waals surface area (Å²) in [5, 5.41) is 9.11. The molecule has 5 heteroatoms. The molecule has 1 N–H and O–H groups in total. The van der Waals surface area contributed by atoms with Crippen molar-refractivity contribution in [3.8, 4) is 17.2 Å². The van der Waals surface area contributed by atoms with Crippen LogP contribution in [0.1, 0.15) is 36.5 Å². The minimum Gasteiger partial charge on any atom is -0.494 e. The van der Waals surface area contributed by atoms with Gasteiger partial charge in [0.05, 0.1) is 12.3 Å². The van der Waals surface area contributed by atoms with Gasteiger partial charge in [-0.05, 0) is 37.6 Å². The molecule has 1 aromatic carbocycles. The zero-order chi connectivity index (χ0) is 14.5. The molecule has 1 aromatic heterocycles. The van der Waals surface area contributed by atoms with Gasteiger partial charge in [0.15, 0.2) is 0 Å². The Morgan fingerprint density at radius 3 is 2.55 bits per heavy atom. The topological polar surface area (TPSA) is 72.6 Å². The molecule has 5 nitrogen and oxygen atoms in total. The highest BCUT2D eigenvalue weighted by atomic mass is 16.5. The number of carbonyl (C=O) groups is 1. The fraction of sp³-hybridized carbons (Fsp3) is 0.333. The molecular formula is C15H17NO4. The van der Waals surface area contributed by atoms with E-state index in [1.54, 1.807) is 12.1 Å². The van der Waals surface area contributed by atoms with Crippen molar-refractivity contribution in [1.29, 1.82) is 0 Å². The van der Waals surface area contributed by atoms with Crippen molar-refractivity contribution in [3.05, 3.63) is 35.7 Å². The molecule has 0 aliphatic heterocycles. The Bertz CT molecular complexity index is 586. The van der Waals surface area contributed by atoms with Crippen LogP contribution >= 0.6 is 0 Å². The molecule has 0 atom stereocenters. The Balaban J connectivity index is 2.32. The van der Waals surface area contributed by atoms with Crippen LogP contribution in [0.2, 0.25) is 0 Å². The third kappa shape index (κ3) is 2.99. The van der Waals surface area contributed by atoms with E-state index in [1.165, 1.54) is 0 Å². The van der Waals surface area contributed by atoms with E-state index < -0.39 is 5.97 Å². The van der Waals surface area contributed by atoms with Gasteiger partial charge in [0.1, 0.15) is 5.75 Å². The number of aryl methyl sites for hydroxylation is 1. The maximum absolute atomic E-state index is 11.1. The molecule has 0 radical (unpaired) electrons. The van der Waals surface area contributed by atoms with Crippen LogP contribution in [-0.2, 0) is 6.42 Å². The zero-order valence-electron chi connectivity index (χ0n) is 11.5. The first-order valence-electron chi connectivity index (χ1n) is 6.62. The fourth-order valence-electron chi connectivity index (χ4n) is 1.91. The van der Waals surface area contributed by atoms with E-state index >= 15 is 0 Å². The van der Waals surface area contributed by atoms with Gasteiger partial charge < -0.3 is 14.3 Å². The molecule has 106 valence electrons. The molecule has 0 amide bonds. The molecule has 1 heterocycles. The van der Waals surface area contributed by atoms with E-state index in [0.717, 1.165) is 17.7 Å². The van der Waals surface area contributed by atoms with Crippen molar-refractivity contribution in [3.63, 3.8) is 0 Å². The summed E-state index contributed by atoms with van der Waals surface area (Å²) in [4.78, 5) is 15.4. The van der Waals surface area contributed by atoms with Crippen molar-refractivity contribution < 1.29 is 19.1 Å². The first-order valence-corrected chi connectivity index (χ1v) is 6.62. The molecule has 2 rings (SSSR count). The van der Waals surface area contributed by atoms with E-state index in [0.29, 0.717) is 24.6 Å². The summed E-state index contributed by atoms with van der Waals surface area (Å²) in [6, 6.07) is 7.22. The second kappa shape index (κ2) is 6.23. The highest BCUT2D eigenvalue weighted by molar-refractivity contribution is 5.86. The predicted molar refractivity (Wildman–Crippen MR) is 74.1 cm³/mol. The summed E-state index contributed by atoms with van der Waals surface area (Å²) in [5.41, 5.74) is 1.22. The predicted octanol–water partition coefficient (Wildman–Crippen LogP) is 3.39. The standard InChI is InChI=1S/C15H17NO4/c1-3-5-12-13(15(17)18)20-14(16-12)10-6-8-11(9-7-10)19-4-2/h6-9H,3-5H2,1-2H3,(H,17,18). The van der Waals surface area contributed by atoms with Crippen molar-refractivity contribution in [2.75, 3.05) is 6.61 Å². The van der Waals surface area contributed by atoms with Gasteiger partial charge in [0.2, 0.25) is 11.7 Å². The number of aromatic nitrogens is 1. The summed E-state index contributed by atoms with van der Waals surface area (Å²) in [6.07, 6.45) is 1.40. The Hall–Kier alpha value is -2.30. The van der Waals surface area contributed by atoms with Crippen molar-refractivity contribution in [1.82, 2.24) is 4.98 Å². The van der Waals surface area contributed by atoms with Crippen LogP contribution in [0, 0.1) is 0 Å². The largest absolute Gasteiger partial charge is 0.494 e. The maximum atomic E-state index is 11.1. The Labute approximate surface area is 117 Å². The van der Waals surface area contributed by atoms with Gasteiger partial charge in [-0.2, -0.15) is 0 Å². The molecule has 0 unspecified atom stereocenters. The summed E-state index contributed by atoms with van der Waals surface area (Å²) in [6.45, 7) is 4.48. The summed E-state index contributed by atoms with van der Waals surface area (Å²) >= 11 is 0. The SMILES string of the molecule is CCCc1nc(-c2ccc(OCC)cc2)oc1C(=O)O. The number of oxazole rings is 1. The fourth-order valence-corrected chi connectivity index (χ4v) is 1.91. The van der Waals surface area contributed by atoms with E-state index in [2.05, 4.69) is 4.98 Å². The quantitative estimate of drug-likeness (QED) is 0.874. The van der Waals surface area contributed by atoms with Gasteiger partial charge in [-0.25, -0.2) is 9.78 Å². The second-order valence-electron chi connectivity index (χ2n) is 4.31. The van der Waals surface area contributed by atoms with Crippen molar-refractivity contribution in [2.45, 2.75) is 26.7 Å². The number of carboxylic acids is 1. The summed E-state index contributed by atoms with van der Waals surface area (Å²) in [5.74, 6) is -0.0715. The van der Waals surface area contributed by atoms with Crippen LogP contribution in [0.15, 0.2) is 28.7 Å². The molecule has 20 heavy (non-hydrogen) atoms. The lowest BCUT2D eigenvalue weighted by molar-refractivity contribution is 0.0661. The molecule has 0 fully saturated rings. The third-order valence-corrected chi connectivity index (χ3v) is 2.79. The Morgan fingerprint density at radius 2 is 2.00 bits per heavy atom. The van der Waals surface area contributed by atoms with E-state index in [-0.39, 0.29) is 5.76 Å². The average molecular weight is 275 g/mol. The van der Waals surface area contributed by atoms with E-state index in [4.69, 9.17) is 14.3 Å². The van der Waals surface area contributed by atoms with Gasteiger partial charge in [-0.15, -0.1) is 0 Å². The molecular weight excluding hydrogens is 258 g/mol. The van der Waals surface area contributed by atoms with Crippen molar-refractivity contribution >= 4 is 5.97 Å². The van der Waals surface area contributed by atoms with Crippen molar-refractivity contribution in [2.24, 2.45) is 0 Å². The zero-order valence-corrected chi connectivity index (χ0v) is 11.5. The average Bonchev–Trinajstić information content (AvgIpc) is 2.85. The number of aromatic carboxylic acids is 1. The highest BCUT2D eigenvalue weighted by Crippen LogP contribution is 2.25. The lowest BCUT2D eigenvalue weighted by atomic mass is 10.2. The number of carboxylic acid groups (broad SMARTS) is 1. The van der Waals surface area contributed by atoms with Crippen LogP contribution in [0.5, 0.6) is 5.75 Å². The highest BCUT2D eigenvalue weighted by Gasteiger charge is 2.19. The summed E-state index contributed by atoms with van der Waals surface area (Å²) in [7, 11) is 0. The number of hydrogen-bond acceptors (Lipinski definition) is 4. The van der Waals surface area contributed by atoms with Gasteiger partial charge >= 0.3 is 5.97 Å². The van der Waals surface area contributed by atoms with Gasteiger partial charge in [0.25, 0.3) is 0 Å². The monoisotopic (exact) mass is 275 g/mol. The van der Waals surface area contributed by atoms with Crippen LogP contribution in [-0.4, -0.2) is 22.7 Å². The number of benzene rings is 1. The van der Waals surface area contributed by atoms with Crippen LogP contribution in [0.4, 0.5) is 0 Å². The van der Waals surface area contributed by atoms with E-state index in [1.807, 2.05) is 26.0 Å².